The van der Waals surface area contributed by atoms with E-state index in [1.165, 1.54) is 0 Å². The smallest absolute Gasteiger partial charge is 0.224 e. The first-order chi connectivity index (χ1) is 9.22. The van der Waals surface area contributed by atoms with Gasteiger partial charge in [0.2, 0.25) is 5.95 Å². The minimum absolute atomic E-state index is 0.210. The molecule has 19 heavy (non-hydrogen) atoms. The van der Waals surface area contributed by atoms with Gasteiger partial charge >= 0.3 is 0 Å². The van der Waals surface area contributed by atoms with Gasteiger partial charge in [0.05, 0.1) is 11.6 Å². The van der Waals surface area contributed by atoms with E-state index in [9.17, 15) is 0 Å². The first kappa shape index (κ1) is 11.4. The molecule has 0 saturated heterocycles. The Morgan fingerprint density at radius 2 is 2.16 bits per heavy atom. The summed E-state index contributed by atoms with van der Waals surface area (Å²) < 4.78 is 0. The lowest BCUT2D eigenvalue weighted by Crippen LogP contribution is -2.05. The van der Waals surface area contributed by atoms with Crippen molar-refractivity contribution in [2.24, 2.45) is 0 Å². The van der Waals surface area contributed by atoms with Crippen molar-refractivity contribution in [3.63, 3.8) is 0 Å². The van der Waals surface area contributed by atoms with Crippen LogP contribution in [0.3, 0.4) is 0 Å². The molecule has 0 aliphatic carbocycles. The highest BCUT2D eigenvalue weighted by Gasteiger charge is 2.07. The first-order valence-corrected chi connectivity index (χ1v) is 5.84. The average molecular weight is 255 g/mol. The predicted octanol–water partition coefficient (Wildman–Crippen LogP) is 1.25. The second kappa shape index (κ2) is 4.52. The lowest BCUT2D eigenvalue weighted by Gasteiger charge is -2.07. The molecule has 0 saturated carbocycles. The number of nitrogens with two attached hydrogens (primary N) is 1. The van der Waals surface area contributed by atoms with Crippen LogP contribution in [0, 0.1) is 6.92 Å². The van der Waals surface area contributed by atoms with Crippen LogP contribution in [0.4, 0.5) is 11.8 Å². The van der Waals surface area contributed by atoms with Crippen molar-refractivity contribution >= 4 is 22.8 Å². The largest absolute Gasteiger partial charge is 0.368 e. The summed E-state index contributed by atoms with van der Waals surface area (Å²) in [6, 6.07) is 3.99. The second-order valence-corrected chi connectivity index (χ2v) is 4.22. The van der Waals surface area contributed by atoms with E-state index in [1.54, 1.807) is 6.20 Å². The van der Waals surface area contributed by atoms with E-state index < -0.39 is 0 Å². The zero-order chi connectivity index (χ0) is 13.2. The Balaban J connectivity index is 1.85. The summed E-state index contributed by atoms with van der Waals surface area (Å²) in [6.45, 7) is 2.57. The van der Waals surface area contributed by atoms with Crippen molar-refractivity contribution in [2.45, 2.75) is 13.5 Å². The van der Waals surface area contributed by atoms with Crippen LogP contribution in [0.25, 0.3) is 11.0 Å². The minimum Gasteiger partial charge on any atom is -0.368 e. The Labute approximate surface area is 109 Å². The summed E-state index contributed by atoms with van der Waals surface area (Å²) in [7, 11) is 0. The maximum atomic E-state index is 5.65. The number of anilines is 2. The molecular formula is C12H13N7. The number of H-pyrrole nitrogens is 1. The summed E-state index contributed by atoms with van der Waals surface area (Å²) in [5, 5.41) is 10.7. The van der Waals surface area contributed by atoms with E-state index in [0.717, 1.165) is 16.6 Å². The van der Waals surface area contributed by atoms with E-state index >= 15 is 0 Å². The van der Waals surface area contributed by atoms with Crippen molar-refractivity contribution in [2.75, 3.05) is 11.1 Å². The molecule has 0 amide bonds. The highest BCUT2D eigenvalue weighted by molar-refractivity contribution is 5.86. The molecule has 7 heteroatoms. The predicted molar refractivity (Wildman–Crippen MR) is 72.4 cm³/mol. The fourth-order valence-electron chi connectivity index (χ4n) is 1.78. The summed E-state index contributed by atoms with van der Waals surface area (Å²) in [5.41, 5.74) is 8.33. The molecule has 3 heterocycles. The fourth-order valence-corrected chi connectivity index (χ4v) is 1.78. The van der Waals surface area contributed by atoms with Gasteiger partial charge < -0.3 is 11.1 Å². The normalized spacial score (nSPS) is 10.8. The van der Waals surface area contributed by atoms with E-state index in [2.05, 4.69) is 30.5 Å². The van der Waals surface area contributed by atoms with Crippen LogP contribution in [0.15, 0.2) is 24.5 Å². The third-order valence-corrected chi connectivity index (χ3v) is 2.76. The van der Waals surface area contributed by atoms with Gasteiger partial charge in [0.1, 0.15) is 5.82 Å². The maximum absolute atomic E-state index is 5.65. The minimum atomic E-state index is 0.210. The number of hydrogen-bond acceptors (Lipinski definition) is 6. The average Bonchev–Trinajstić information content (AvgIpc) is 2.85. The summed E-state index contributed by atoms with van der Waals surface area (Å²) >= 11 is 0. The van der Waals surface area contributed by atoms with Crippen LogP contribution < -0.4 is 11.1 Å². The molecule has 0 radical (unpaired) electrons. The number of nitrogens with zero attached hydrogens (tertiary/aromatic N) is 4. The van der Waals surface area contributed by atoms with E-state index in [4.69, 9.17) is 5.73 Å². The maximum Gasteiger partial charge on any atom is 0.224 e. The Morgan fingerprint density at radius 1 is 1.26 bits per heavy atom. The number of hydrogen-bond donors (Lipinski definition) is 3. The molecule has 3 aromatic heterocycles. The molecule has 0 aliphatic rings. The molecule has 4 N–H and O–H groups in total. The van der Waals surface area contributed by atoms with Crippen LogP contribution >= 0.6 is 0 Å². The summed E-state index contributed by atoms with van der Waals surface area (Å²) in [6.07, 6.45) is 3.50. The molecule has 0 unspecified atom stereocenters. The number of nitrogen functional groups attached to an aromatic ring is 1. The van der Waals surface area contributed by atoms with Gasteiger partial charge in [-0.3, -0.25) is 10.1 Å². The van der Waals surface area contributed by atoms with Crippen molar-refractivity contribution < 1.29 is 0 Å². The number of aromatic amines is 1. The van der Waals surface area contributed by atoms with E-state index in [-0.39, 0.29) is 5.95 Å². The number of aromatic nitrogens is 5. The van der Waals surface area contributed by atoms with Gasteiger partial charge in [-0.2, -0.15) is 15.1 Å². The van der Waals surface area contributed by atoms with Crippen molar-refractivity contribution in [1.29, 1.82) is 0 Å². The molecule has 3 aromatic rings. The number of aryl methyl sites for hydroxylation is 1. The summed E-state index contributed by atoms with van der Waals surface area (Å²) in [5.74, 6) is 0.873. The van der Waals surface area contributed by atoms with Gasteiger partial charge in [0.15, 0.2) is 5.65 Å². The molecule has 3 rings (SSSR count). The zero-order valence-corrected chi connectivity index (χ0v) is 10.4. The van der Waals surface area contributed by atoms with Crippen LogP contribution in [0.1, 0.15) is 11.3 Å². The fraction of sp³-hybridized carbons (Fsp3) is 0.167. The van der Waals surface area contributed by atoms with E-state index in [1.807, 2.05) is 25.3 Å². The Kier molecular flexibility index (Phi) is 2.71. The van der Waals surface area contributed by atoms with Gasteiger partial charge in [-0.15, -0.1) is 0 Å². The molecular weight excluding hydrogens is 242 g/mol. The quantitative estimate of drug-likeness (QED) is 0.650. The lowest BCUT2D eigenvalue weighted by molar-refractivity contribution is 1.06. The van der Waals surface area contributed by atoms with Crippen LogP contribution in [0.5, 0.6) is 0 Å². The van der Waals surface area contributed by atoms with Gasteiger partial charge in [-0.05, 0) is 18.6 Å². The lowest BCUT2D eigenvalue weighted by atomic mass is 10.2. The Bertz CT molecular complexity index is 702. The molecule has 0 aromatic carbocycles. The molecule has 7 nitrogen and oxygen atoms in total. The van der Waals surface area contributed by atoms with Crippen LogP contribution in [-0.2, 0) is 6.54 Å². The highest BCUT2D eigenvalue weighted by Crippen LogP contribution is 2.19. The van der Waals surface area contributed by atoms with Crippen molar-refractivity contribution in [1.82, 2.24) is 25.1 Å². The molecule has 0 bridgehead atoms. The zero-order valence-electron chi connectivity index (χ0n) is 10.4. The van der Waals surface area contributed by atoms with Gasteiger partial charge in [-0.1, -0.05) is 6.07 Å². The Morgan fingerprint density at radius 3 is 2.95 bits per heavy atom. The standard InChI is InChI=1S/C12H13N7/c1-7-2-3-8(4-14-7)5-15-10-9-6-16-19-11(9)18-12(13)17-10/h2-4,6H,5H2,1H3,(H4,13,15,16,17,18,19). The highest BCUT2D eigenvalue weighted by atomic mass is 15.2. The topological polar surface area (TPSA) is 105 Å². The second-order valence-electron chi connectivity index (χ2n) is 4.22. The molecule has 0 atom stereocenters. The summed E-state index contributed by atoms with van der Waals surface area (Å²) in [4.78, 5) is 12.5. The van der Waals surface area contributed by atoms with Crippen LogP contribution in [0.2, 0.25) is 0 Å². The third-order valence-electron chi connectivity index (χ3n) is 2.76. The molecule has 0 fully saturated rings. The third kappa shape index (κ3) is 2.30. The van der Waals surface area contributed by atoms with Gasteiger partial charge in [0.25, 0.3) is 0 Å². The Hall–Kier alpha value is -2.70. The number of pyridine rings is 1. The SMILES string of the molecule is Cc1ccc(CNc2nc(N)nc3[nH]ncc23)cn1. The van der Waals surface area contributed by atoms with Gasteiger partial charge in [-0.25, -0.2) is 0 Å². The van der Waals surface area contributed by atoms with Gasteiger partial charge in [0, 0.05) is 18.4 Å². The van der Waals surface area contributed by atoms with Crippen molar-refractivity contribution in [3.05, 3.63) is 35.8 Å². The van der Waals surface area contributed by atoms with Crippen LogP contribution in [-0.4, -0.2) is 25.1 Å². The number of fused-ring (bicyclic) bond motifs is 1. The first-order valence-electron chi connectivity index (χ1n) is 5.84. The molecule has 96 valence electrons. The molecule has 0 aliphatic heterocycles. The monoisotopic (exact) mass is 255 g/mol. The van der Waals surface area contributed by atoms with Crippen molar-refractivity contribution in [3.8, 4) is 0 Å². The number of nitrogens with one attached hydrogen (secondary N) is 2. The van der Waals surface area contributed by atoms with E-state index in [0.29, 0.717) is 18.0 Å². The molecule has 0 spiro atoms. The number of rotatable bonds is 3.